The molecule has 0 spiro atoms. The van der Waals surface area contributed by atoms with Gasteiger partial charge in [-0.3, -0.25) is 0 Å². The third-order valence-electron chi connectivity index (χ3n) is 3.92. The van der Waals surface area contributed by atoms with Gasteiger partial charge in [0.2, 0.25) is 0 Å². The third kappa shape index (κ3) is 2.99. The average Bonchev–Trinajstić information content (AvgIpc) is 2.52. The van der Waals surface area contributed by atoms with E-state index in [1.807, 2.05) is 0 Å². The lowest BCUT2D eigenvalue weighted by molar-refractivity contribution is 0.366. The summed E-state index contributed by atoms with van der Waals surface area (Å²) in [6.07, 6.45) is 2.30. The minimum absolute atomic E-state index is 0.185. The van der Waals surface area contributed by atoms with Gasteiger partial charge in [-0.1, -0.05) is 24.6 Å². The van der Waals surface area contributed by atoms with Crippen molar-refractivity contribution in [2.24, 2.45) is 0 Å². The van der Waals surface area contributed by atoms with E-state index in [2.05, 4.69) is 49.2 Å². The van der Waals surface area contributed by atoms with Crippen molar-refractivity contribution < 1.29 is 0 Å². The van der Waals surface area contributed by atoms with Gasteiger partial charge in [-0.15, -0.1) is 0 Å². The molecule has 18 heavy (non-hydrogen) atoms. The Hall–Kier alpha value is -0.730. The molecule has 3 heteroatoms. The van der Waals surface area contributed by atoms with Crippen LogP contribution in [0.15, 0.2) is 18.2 Å². The fourth-order valence-electron chi connectivity index (χ4n) is 2.53. The van der Waals surface area contributed by atoms with E-state index in [0.717, 1.165) is 31.1 Å². The molecule has 0 radical (unpaired) electrons. The van der Waals surface area contributed by atoms with Crippen LogP contribution in [0.3, 0.4) is 0 Å². The van der Waals surface area contributed by atoms with Crippen molar-refractivity contribution in [3.05, 3.63) is 28.8 Å². The van der Waals surface area contributed by atoms with Gasteiger partial charge in [0.05, 0.1) is 10.7 Å². The first-order valence-corrected chi connectivity index (χ1v) is 7.18. The molecule has 2 nitrogen and oxygen atoms in total. The first-order valence-electron chi connectivity index (χ1n) is 6.80. The molecular formula is C15H23ClN2. The first-order chi connectivity index (χ1) is 8.54. The Morgan fingerprint density at radius 1 is 1.44 bits per heavy atom. The molecule has 1 aromatic rings. The topological polar surface area (TPSA) is 15.3 Å². The minimum atomic E-state index is 0.185. The Kier molecular flexibility index (Phi) is 4.18. The zero-order valence-corrected chi connectivity index (χ0v) is 12.3. The van der Waals surface area contributed by atoms with E-state index in [9.17, 15) is 0 Å². The minimum Gasteiger partial charge on any atom is -0.368 e. The SMILES string of the molecule is CCC1(C)CN(c2ccc(C)cc2Cl)CCCN1. The summed E-state index contributed by atoms with van der Waals surface area (Å²) in [6, 6.07) is 6.35. The molecule has 1 heterocycles. The van der Waals surface area contributed by atoms with E-state index in [0.29, 0.717) is 0 Å². The Balaban J connectivity index is 2.25. The maximum atomic E-state index is 6.39. The van der Waals surface area contributed by atoms with Gasteiger partial charge in [-0.2, -0.15) is 0 Å². The molecule has 1 aliphatic rings. The van der Waals surface area contributed by atoms with Crippen LogP contribution in [-0.4, -0.2) is 25.2 Å². The number of rotatable bonds is 2. The van der Waals surface area contributed by atoms with Crippen LogP contribution >= 0.6 is 11.6 Å². The van der Waals surface area contributed by atoms with Crippen LogP contribution in [0.1, 0.15) is 32.3 Å². The van der Waals surface area contributed by atoms with Crippen LogP contribution in [0.2, 0.25) is 5.02 Å². The van der Waals surface area contributed by atoms with Gasteiger partial charge >= 0.3 is 0 Å². The monoisotopic (exact) mass is 266 g/mol. The Morgan fingerprint density at radius 3 is 2.89 bits per heavy atom. The molecule has 0 saturated carbocycles. The Morgan fingerprint density at radius 2 is 2.22 bits per heavy atom. The predicted octanol–water partition coefficient (Wildman–Crippen LogP) is 3.62. The number of hydrogen-bond donors (Lipinski definition) is 1. The number of aryl methyl sites for hydroxylation is 1. The molecule has 1 N–H and O–H groups in total. The standard InChI is InChI=1S/C15H23ClN2/c1-4-15(3)11-18(9-5-8-17-15)14-7-6-12(2)10-13(14)16/h6-7,10,17H,4-5,8-9,11H2,1-3H3. The Labute approximate surface area is 115 Å². The molecule has 1 unspecified atom stereocenters. The lowest BCUT2D eigenvalue weighted by atomic mass is 9.98. The zero-order chi connectivity index (χ0) is 13.2. The first kappa shape index (κ1) is 13.7. The molecule has 2 rings (SSSR count). The van der Waals surface area contributed by atoms with Crippen LogP contribution in [0.25, 0.3) is 0 Å². The molecule has 100 valence electrons. The van der Waals surface area contributed by atoms with Crippen LogP contribution < -0.4 is 10.2 Å². The molecular weight excluding hydrogens is 244 g/mol. The molecule has 0 bridgehead atoms. The fourth-order valence-corrected chi connectivity index (χ4v) is 2.88. The second kappa shape index (κ2) is 5.50. The fraction of sp³-hybridized carbons (Fsp3) is 0.600. The number of nitrogens with one attached hydrogen (secondary N) is 1. The quantitative estimate of drug-likeness (QED) is 0.880. The van der Waals surface area contributed by atoms with Gasteiger partial charge in [0.1, 0.15) is 0 Å². The summed E-state index contributed by atoms with van der Waals surface area (Å²) in [6.45, 7) is 9.80. The highest BCUT2D eigenvalue weighted by Crippen LogP contribution is 2.29. The third-order valence-corrected chi connectivity index (χ3v) is 4.22. The van der Waals surface area contributed by atoms with Crippen molar-refractivity contribution in [3.8, 4) is 0 Å². The number of hydrogen-bond acceptors (Lipinski definition) is 2. The predicted molar refractivity (Wildman–Crippen MR) is 79.7 cm³/mol. The molecule has 1 saturated heterocycles. The highest BCUT2D eigenvalue weighted by Gasteiger charge is 2.27. The molecule has 0 amide bonds. The van der Waals surface area contributed by atoms with Crippen molar-refractivity contribution in [3.63, 3.8) is 0 Å². The van der Waals surface area contributed by atoms with Gasteiger partial charge in [0.25, 0.3) is 0 Å². The van der Waals surface area contributed by atoms with Crippen molar-refractivity contribution in [2.45, 2.75) is 39.2 Å². The number of nitrogens with zero attached hydrogens (tertiary/aromatic N) is 1. The smallest absolute Gasteiger partial charge is 0.0642 e. The largest absolute Gasteiger partial charge is 0.368 e. The summed E-state index contributed by atoms with van der Waals surface area (Å²) in [7, 11) is 0. The molecule has 1 aliphatic heterocycles. The van der Waals surface area contributed by atoms with E-state index < -0.39 is 0 Å². The maximum absolute atomic E-state index is 6.39. The van der Waals surface area contributed by atoms with Gasteiger partial charge < -0.3 is 10.2 Å². The normalized spacial score (nSPS) is 25.0. The molecule has 0 aromatic heterocycles. The van der Waals surface area contributed by atoms with Gasteiger partial charge in [0, 0.05) is 18.6 Å². The number of benzene rings is 1. The summed E-state index contributed by atoms with van der Waals surface area (Å²) in [5.41, 5.74) is 2.57. The highest BCUT2D eigenvalue weighted by molar-refractivity contribution is 6.33. The van der Waals surface area contributed by atoms with Crippen molar-refractivity contribution in [2.75, 3.05) is 24.5 Å². The van der Waals surface area contributed by atoms with Gasteiger partial charge in [-0.25, -0.2) is 0 Å². The van der Waals surface area contributed by atoms with E-state index in [1.165, 1.54) is 17.7 Å². The lowest BCUT2D eigenvalue weighted by Gasteiger charge is -2.34. The molecule has 1 aromatic carbocycles. The van der Waals surface area contributed by atoms with E-state index in [1.54, 1.807) is 0 Å². The van der Waals surface area contributed by atoms with E-state index in [-0.39, 0.29) is 5.54 Å². The van der Waals surface area contributed by atoms with Gasteiger partial charge in [-0.05, 0) is 50.9 Å². The highest BCUT2D eigenvalue weighted by atomic mass is 35.5. The van der Waals surface area contributed by atoms with Crippen LogP contribution in [0, 0.1) is 6.92 Å². The summed E-state index contributed by atoms with van der Waals surface area (Å²) in [5.74, 6) is 0. The van der Waals surface area contributed by atoms with Gasteiger partial charge in [0.15, 0.2) is 0 Å². The van der Waals surface area contributed by atoms with Crippen LogP contribution in [0.5, 0.6) is 0 Å². The lowest BCUT2D eigenvalue weighted by Crippen LogP contribution is -2.48. The second-order valence-electron chi connectivity index (χ2n) is 5.57. The molecule has 1 atom stereocenters. The summed E-state index contributed by atoms with van der Waals surface area (Å²) < 4.78 is 0. The van der Waals surface area contributed by atoms with Crippen molar-refractivity contribution in [1.82, 2.24) is 5.32 Å². The maximum Gasteiger partial charge on any atom is 0.0642 e. The summed E-state index contributed by atoms with van der Waals surface area (Å²) in [5, 5.41) is 4.52. The zero-order valence-electron chi connectivity index (χ0n) is 11.6. The van der Waals surface area contributed by atoms with E-state index >= 15 is 0 Å². The average molecular weight is 267 g/mol. The van der Waals surface area contributed by atoms with Crippen LogP contribution in [-0.2, 0) is 0 Å². The van der Waals surface area contributed by atoms with E-state index in [4.69, 9.17) is 11.6 Å². The number of halogens is 1. The molecule has 1 fully saturated rings. The van der Waals surface area contributed by atoms with Crippen LogP contribution in [0.4, 0.5) is 5.69 Å². The summed E-state index contributed by atoms with van der Waals surface area (Å²) in [4.78, 5) is 2.42. The summed E-state index contributed by atoms with van der Waals surface area (Å²) >= 11 is 6.39. The molecule has 0 aliphatic carbocycles. The van der Waals surface area contributed by atoms with Crippen molar-refractivity contribution in [1.29, 1.82) is 0 Å². The second-order valence-corrected chi connectivity index (χ2v) is 5.98. The number of anilines is 1. The van der Waals surface area contributed by atoms with Crippen molar-refractivity contribution >= 4 is 17.3 Å². The Bertz CT molecular complexity index is 419.